The smallest absolute Gasteiger partial charge is 0.338 e. The van der Waals surface area contributed by atoms with Gasteiger partial charge in [-0.3, -0.25) is 9.13 Å². The molecule has 2 rings (SSSR count). The topological polar surface area (TPSA) is 96.8 Å². The molecule has 0 aliphatic heterocycles. The number of benzene rings is 1. The van der Waals surface area contributed by atoms with Crippen molar-refractivity contribution in [2.45, 2.75) is 6.92 Å². The Labute approximate surface area is 176 Å². The minimum Gasteiger partial charge on any atom is -0.456 e. The highest BCUT2D eigenvalue weighted by molar-refractivity contribution is 7.71. The number of nitrogens with zero attached hydrogens (tertiary/aromatic N) is 4. The summed E-state index contributed by atoms with van der Waals surface area (Å²) in [6.45, 7) is 5.25. The Hall–Kier alpha value is -2.98. The molecular formula is C18H19ClN4O5S. The first kappa shape index (κ1) is 22.3. The minimum atomic E-state index is -0.687. The second-order valence-electron chi connectivity index (χ2n) is 5.95. The maximum Gasteiger partial charge on any atom is 0.338 e. The number of carbonyl (C=O) groups excluding carboxylic acids is 1. The van der Waals surface area contributed by atoms with Crippen LogP contribution in [0.2, 0.25) is 5.02 Å². The summed E-state index contributed by atoms with van der Waals surface area (Å²) in [6.07, 6.45) is 1.53. The molecule has 0 atom stereocenters. The zero-order valence-electron chi connectivity index (χ0n) is 16.0. The highest BCUT2D eigenvalue weighted by atomic mass is 35.5. The third-order valence-corrected chi connectivity index (χ3v) is 4.65. The molecule has 11 heteroatoms. The molecule has 154 valence electrons. The molecule has 0 N–H and O–H groups in total. The van der Waals surface area contributed by atoms with Crippen molar-refractivity contribution in [1.82, 2.24) is 13.7 Å². The van der Waals surface area contributed by atoms with E-state index in [4.69, 9.17) is 33.4 Å². The molecule has 2 aromatic rings. The largest absolute Gasteiger partial charge is 0.456 e. The number of esters is 1. The van der Waals surface area contributed by atoms with E-state index in [0.717, 1.165) is 13.7 Å². The Morgan fingerprint density at radius 1 is 1.28 bits per heavy atom. The van der Waals surface area contributed by atoms with E-state index in [1.807, 2.05) is 0 Å². The SMILES string of the molecule is C=CCON=C(C)COC(=O)c1ccc(Cl)c(-n2c(=O)n(C)c(=S)n(C)c2=O)c1. The lowest BCUT2D eigenvalue weighted by Gasteiger charge is -2.12. The van der Waals surface area contributed by atoms with Gasteiger partial charge in [-0.15, -0.1) is 0 Å². The van der Waals surface area contributed by atoms with E-state index in [2.05, 4.69) is 11.7 Å². The molecule has 0 aliphatic carbocycles. The van der Waals surface area contributed by atoms with Crippen molar-refractivity contribution >= 4 is 35.5 Å². The fraction of sp³-hybridized carbons (Fsp3) is 0.278. The molecule has 1 aromatic carbocycles. The van der Waals surface area contributed by atoms with Gasteiger partial charge in [0.25, 0.3) is 0 Å². The standard InChI is InChI=1S/C18H19ClN4O5S/c1-5-8-28-20-11(2)10-27-15(24)12-6-7-13(19)14(9-12)23-16(25)21(3)18(29)22(4)17(23)26/h5-7,9H,1,8,10H2,2-4H3. The molecule has 0 bridgehead atoms. The van der Waals surface area contributed by atoms with E-state index in [1.165, 1.54) is 38.4 Å². The summed E-state index contributed by atoms with van der Waals surface area (Å²) in [7, 11) is 2.87. The molecule has 0 aliphatic rings. The average Bonchev–Trinajstić information content (AvgIpc) is 2.70. The molecule has 0 fully saturated rings. The number of halogens is 1. The molecule has 1 heterocycles. The minimum absolute atomic E-state index is 0.0389. The maximum atomic E-state index is 12.6. The number of aromatic nitrogens is 3. The van der Waals surface area contributed by atoms with Crippen molar-refractivity contribution in [3.63, 3.8) is 0 Å². The number of rotatable bonds is 7. The Kier molecular flexibility index (Phi) is 7.29. The van der Waals surface area contributed by atoms with E-state index in [-0.39, 0.29) is 34.3 Å². The average molecular weight is 439 g/mol. The lowest BCUT2D eigenvalue weighted by Crippen LogP contribution is -2.43. The van der Waals surface area contributed by atoms with Gasteiger partial charge in [-0.25, -0.2) is 19.0 Å². The lowest BCUT2D eigenvalue weighted by atomic mass is 10.2. The fourth-order valence-corrected chi connectivity index (χ4v) is 2.63. The van der Waals surface area contributed by atoms with Crippen molar-refractivity contribution in [2.24, 2.45) is 19.3 Å². The molecule has 0 amide bonds. The number of oxime groups is 1. The Morgan fingerprint density at radius 2 is 1.90 bits per heavy atom. The third kappa shape index (κ3) is 4.90. The first-order chi connectivity index (χ1) is 13.7. The summed E-state index contributed by atoms with van der Waals surface area (Å²) in [5, 5.41) is 3.86. The predicted molar refractivity (Wildman–Crippen MR) is 112 cm³/mol. The van der Waals surface area contributed by atoms with Crippen molar-refractivity contribution < 1.29 is 14.4 Å². The van der Waals surface area contributed by atoms with E-state index < -0.39 is 17.3 Å². The van der Waals surface area contributed by atoms with Crippen LogP contribution in [0.5, 0.6) is 0 Å². The summed E-state index contributed by atoms with van der Waals surface area (Å²) < 4.78 is 8.31. The first-order valence-corrected chi connectivity index (χ1v) is 9.10. The molecule has 0 saturated carbocycles. The summed E-state index contributed by atoms with van der Waals surface area (Å²) >= 11 is 11.2. The van der Waals surface area contributed by atoms with Crippen molar-refractivity contribution in [1.29, 1.82) is 0 Å². The quantitative estimate of drug-likeness (QED) is 0.164. The van der Waals surface area contributed by atoms with Crippen LogP contribution in [0, 0.1) is 4.77 Å². The van der Waals surface area contributed by atoms with E-state index in [1.54, 1.807) is 6.92 Å². The van der Waals surface area contributed by atoms with Crippen LogP contribution >= 0.6 is 23.8 Å². The van der Waals surface area contributed by atoms with Gasteiger partial charge in [0.1, 0.15) is 13.2 Å². The van der Waals surface area contributed by atoms with Crippen LogP contribution in [0.3, 0.4) is 0 Å². The zero-order chi connectivity index (χ0) is 21.7. The van der Waals surface area contributed by atoms with Crippen molar-refractivity contribution in [3.8, 4) is 5.69 Å². The van der Waals surface area contributed by atoms with Gasteiger partial charge >= 0.3 is 17.3 Å². The van der Waals surface area contributed by atoms with Crippen LogP contribution in [0.15, 0.2) is 45.6 Å². The van der Waals surface area contributed by atoms with Crippen molar-refractivity contribution in [3.05, 3.63) is 67.2 Å². The van der Waals surface area contributed by atoms with Crippen LogP contribution in [0.4, 0.5) is 0 Å². The Bertz CT molecular complexity index is 1120. The van der Waals surface area contributed by atoms with Gasteiger partial charge in [-0.1, -0.05) is 29.4 Å². The first-order valence-electron chi connectivity index (χ1n) is 8.31. The predicted octanol–water partition coefficient (Wildman–Crippen LogP) is 1.99. The van der Waals surface area contributed by atoms with Crippen LogP contribution in [0.1, 0.15) is 17.3 Å². The van der Waals surface area contributed by atoms with E-state index in [0.29, 0.717) is 5.71 Å². The van der Waals surface area contributed by atoms with Crippen LogP contribution in [-0.2, 0) is 23.7 Å². The molecule has 9 nitrogen and oxygen atoms in total. The van der Waals surface area contributed by atoms with Crippen LogP contribution < -0.4 is 11.4 Å². The second-order valence-corrected chi connectivity index (χ2v) is 6.73. The molecular weight excluding hydrogens is 420 g/mol. The molecule has 0 spiro atoms. The Morgan fingerprint density at radius 3 is 2.48 bits per heavy atom. The van der Waals surface area contributed by atoms with Gasteiger partial charge in [-0.05, 0) is 37.3 Å². The van der Waals surface area contributed by atoms with E-state index >= 15 is 0 Å². The number of hydrogen-bond acceptors (Lipinski definition) is 7. The second kappa shape index (κ2) is 9.48. The monoisotopic (exact) mass is 438 g/mol. The molecule has 1 aromatic heterocycles. The number of carbonyl (C=O) groups is 1. The summed E-state index contributed by atoms with van der Waals surface area (Å²) in [5.74, 6) is -0.685. The molecule has 0 unspecified atom stereocenters. The number of hydrogen-bond donors (Lipinski definition) is 0. The normalized spacial score (nSPS) is 11.2. The van der Waals surface area contributed by atoms with Gasteiger partial charge < -0.3 is 9.57 Å². The highest BCUT2D eigenvalue weighted by Gasteiger charge is 2.17. The Balaban J connectivity index is 2.39. The van der Waals surface area contributed by atoms with Gasteiger partial charge in [0.15, 0.2) is 4.77 Å². The molecule has 29 heavy (non-hydrogen) atoms. The third-order valence-electron chi connectivity index (χ3n) is 3.78. The van der Waals surface area contributed by atoms with E-state index in [9.17, 15) is 14.4 Å². The molecule has 0 radical (unpaired) electrons. The zero-order valence-corrected chi connectivity index (χ0v) is 17.6. The summed E-state index contributed by atoms with van der Waals surface area (Å²) in [5.41, 5.74) is -0.798. The summed E-state index contributed by atoms with van der Waals surface area (Å²) in [4.78, 5) is 42.4. The number of ether oxygens (including phenoxy) is 1. The van der Waals surface area contributed by atoms with Crippen LogP contribution in [-0.4, -0.2) is 38.6 Å². The van der Waals surface area contributed by atoms with Gasteiger partial charge in [0.05, 0.1) is 22.0 Å². The molecule has 0 saturated heterocycles. The van der Waals surface area contributed by atoms with Gasteiger partial charge in [0.2, 0.25) is 0 Å². The van der Waals surface area contributed by atoms with Gasteiger partial charge in [-0.2, -0.15) is 0 Å². The van der Waals surface area contributed by atoms with Crippen molar-refractivity contribution in [2.75, 3.05) is 13.2 Å². The highest BCUT2D eigenvalue weighted by Crippen LogP contribution is 2.20. The van der Waals surface area contributed by atoms with Crippen LogP contribution in [0.25, 0.3) is 5.69 Å². The maximum absolute atomic E-state index is 12.6. The summed E-state index contributed by atoms with van der Waals surface area (Å²) in [6, 6.07) is 4.12. The van der Waals surface area contributed by atoms with Gasteiger partial charge in [0, 0.05) is 14.1 Å². The lowest BCUT2D eigenvalue weighted by molar-refractivity contribution is 0.0558. The fourth-order valence-electron chi connectivity index (χ4n) is 2.27.